The Morgan fingerprint density at radius 2 is 1.86 bits per heavy atom. The van der Waals surface area contributed by atoms with Crippen LogP contribution in [0.25, 0.3) is 0 Å². The van der Waals surface area contributed by atoms with E-state index in [4.69, 9.17) is 4.74 Å². The molecule has 0 saturated heterocycles. The first-order chi connectivity index (χ1) is 9.97. The summed E-state index contributed by atoms with van der Waals surface area (Å²) in [7, 11) is 3.54. The third-order valence-corrected chi connectivity index (χ3v) is 3.48. The van der Waals surface area contributed by atoms with E-state index in [2.05, 4.69) is 60.7 Å². The monoisotopic (exact) mass is 291 g/mol. The highest BCUT2D eigenvalue weighted by atomic mass is 16.5. The molecule has 0 saturated carbocycles. The Kier molecular flexibility index (Phi) is 7.23. The summed E-state index contributed by atoms with van der Waals surface area (Å²) >= 11 is 0. The molecule has 0 aromatic heterocycles. The van der Waals surface area contributed by atoms with Crippen molar-refractivity contribution in [1.82, 2.24) is 10.6 Å². The van der Waals surface area contributed by atoms with Crippen molar-refractivity contribution in [2.75, 3.05) is 27.2 Å². The van der Waals surface area contributed by atoms with Gasteiger partial charge in [0.2, 0.25) is 0 Å². The molecule has 0 aliphatic rings. The number of benzene rings is 1. The molecule has 1 aromatic carbocycles. The lowest BCUT2D eigenvalue weighted by Gasteiger charge is -2.30. The summed E-state index contributed by atoms with van der Waals surface area (Å²) in [5.41, 5.74) is 1.43. The van der Waals surface area contributed by atoms with E-state index in [-0.39, 0.29) is 11.5 Å². The predicted octanol–water partition coefficient (Wildman–Crippen LogP) is 2.46. The summed E-state index contributed by atoms with van der Waals surface area (Å²) in [5, 5.41) is 6.66. The maximum atomic E-state index is 5.54. The van der Waals surface area contributed by atoms with Gasteiger partial charge in [-0.2, -0.15) is 0 Å². The Morgan fingerprint density at radius 3 is 2.38 bits per heavy atom. The third-order valence-electron chi connectivity index (χ3n) is 3.48. The molecule has 0 aliphatic heterocycles. The van der Waals surface area contributed by atoms with Crippen molar-refractivity contribution in [3.05, 3.63) is 35.9 Å². The van der Waals surface area contributed by atoms with Crippen LogP contribution in [0.3, 0.4) is 0 Å². The molecular weight excluding hydrogens is 262 g/mol. The van der Waals surface area contributed by atoms with Gasteiger partial charge in [-0.3, -0.25) is 4.99 Å². The molecule has 118 valence electrons. The van der Waals surface area contributed by atoms with Gasteiger partial charge in [0.25, 0.3) is 0 Å². The first-order valence-corrected chi connectivity index (χ1v) is 7.48. The van der Waals surface area contributed by atoms with Gasteiger partial charge in [-0.25, -0.2) is 0 Å². The van der Waals surface area contributed by atoms with Gasteiger partial charge in [-0.05, 0) is 17.4 Å². The smallest absolute Gasteiger partial charge is 0.191 e. The van der Waals surface area contributed by atoms with Crippen LogP contribution in [0.4, 0.5) is 0 Å². The van der Waals surface area contributed by atoms with Crippen LogP contribution >= 0.6 is 0 Å². The van der Waals surface area contributed by atoms with E-state index in [0.717, 1.165) is 25.5 Å². The molecular formula is C17H29N3O. The molecule has 1 atom stereocenters. The van der Waals surface area contributed by atoms with Gasteiger partial charge in [0.1, 0.15) is 0 Å². The molecule has 2 N–H and O–H groups in total. The van der Waals surface area contributed by atoms with Gasteiger partial charge in [0.05, 0.1) is 6.10 Å². The van der Waals surface area contributed by atoms with E-state index in [1.807, 2.05) is 6.07 Å². The van der Waals surface area contributed by atoms with Crippen LogP contribution < -0.4 is 10.6 Å². The molecule has 21 heavy (non-hydrogen) atoms. The van der Waals surface area contributed by atoms with Crippen molar-refractivity contribution in [3.63, 3.8) is 0 Å². The fourth-order valence-electron chi connectivity index (χ4n) is 2.12. The number of nitrogens with one attached hydrogen (secondary N) is 2. The number of methoxy groups -OCH3 is 1. The van der Waals surface area contributed by atoms with Gasteiger partial charge in [0.15, 0.2) is 5.96 Å². The Balaban J connectivity index is 2.35. The van der Waals surface area contributed by atoms with Crippen LogP contribution in [0.5, 0.6) is 0 Å². The van der Waals surface area contributed by atoms with Crippen molar-refractivity contribution in [2.45, 2.75) is 33.3 Å². The minimum Gasteiger partial charge on any atom is -0.379 e. The van der Waals surface area contributed by atoms with Crippen LogP contribution in [0.2, 0.25) is 0 Å². The topological polar surface area (TPSA) is 45.7 Å². The fourth-order valence-corrected chi connectivity index (χ4v) is 2.12. The van der Waals surface area contributed by atoms with E-state index in [1.165, 1.54) is 5.56 Å². The van der Waals surface area contributed by atoms with Gasteiger partial charge in [-0.15, -0.1) is 0 Å². The van der Waals surface area contributed by atoms with Gasteiger partial charge in [-0.1, -0.05) is 51.1 Å². The number of nitrogens with zero attached hydrogens (tertiary/aromatic N) is 1. The lowest BCUT2D eigenvalue weighted by Crippen LogP contribution is -2.45. The zero-order valence-corrected chi connectivity index (χ0v) is 13.9. The summed E-state index contributed by atoms with van der Waals surface area (Å²) in [6, 6.07) is 10.4. The van der Waals surface area contributed by atoms with Gasteiger partial charge >= 0.3 is 0 Å². The zero-order valence-electron chi connectivity index (χ0n) is 13.9. The Bertz CT molecular complexity index is 423. The van der Waals surface area contributed by atoms with E-state index in [1.54, 1.807) is 14.2 Å². The molecule has 1 rings (SSSR count). The van der Waals surface area contributed by atoms with Crippen molar-refractivity contribution >= 4 is 5.96 Å². The number of rotatable bonds is 6. The predicted molar refractivity (Wildman–Crippen MR) is 89.8 cm³/mol. The highest BCUT2D eigenvalue weighted by Crippen LogP contribution is 2.20. The molecule has 0 fully saturated rings. The van der Waals surface area contributed by atoms with Crippen molar-refractivity contribution in [1.29, 1.82) is 0 Å². The Hall–Kier alpha value is -1.55. The molecule has 0 radical (unpaired) electrons. The van der Waals surface area contributed by atoms with Crippen molar-refractivity contribution in [3.8, 4) is 0 Å². The second-order valence-corrected chi connectivity index (χ2v) is 6.21. The first kappa shape index (κ1) is 17.5. The SMILES string of the molecule is CN=C(NCCc1ccccc1)NCC(OC)C(C)(C)C. The zero-order chi connectivity index (χ0) is 15.7. The average Bonchev–Trinajstić information content (AvgIpc) is 2.45. The Labute approximate surface area is 129 Å². The van der Waals surface area contributed by atoms with E-state index < -0.39 is 0 Å². The number of aliphatic imine (C=N–C) groups is 1. The molecule has 0 amide bonds. The molecule has 4 heteroatoms. The molecule has 1 aromatic rings. The quantitative estimate of drug-likeness (QED) is 0.625. The maximum Gasteiger partial charge on any atom is 0.191 e. The summed E-state index contributed by atoms with van der Waals surface area (Å²) in [6.45, 7) is 8.12. The fraction of sp³-hybridized carbons (Fsp3) is 0.588. The summed E-state index contributed by atoms with van der Waals surface area (Å²) < 4.78 is 5.54. The largest absolute Gasteiger partial charge is 0.379 e. The summed E-state index contributed by atoms with van der Waals surface area (Å²) in [5.74, 6) is 0.817. The normalized spacial score (nSPS) is 13.9. The Morgan fingerprint density at radius 1 is 1.19 bits per heavy atom. The van der Waals surface area contributed by atoms with Crippen LogP contribution in [0, 0.1) is 5.41 Å². The molecule has 1 unspecified atom stereocenters. The molecule has 0 heterocycles. The maximum absolute atomic E-state index is 5.54. The lowest BCUT2D eigenvalue weighted by atomic mass is 9.89. The van der Waals surface area contributed by atoms with E-state index in [9.17, 15) is 0 Å². The number of ether oxygens (including phenoxy) is 1. The third kappa shape index (κ3) is 6.63. The number of hydrogen-bond donors (Lipinski definition) is 2. The highest BCUT2D eigenvalue weighted by molar-refractivity contribution is 5.79. The minimum absolute atomic E-state index is 0.102. The second kappa shape index (κ2) is 8.67. The first-order valence-electron chi connectivity index (χ1n) is 7.48. The van der Waals surface area contributed by atoms with Crippen LogP contribution in [-0.4, -0.2) is 39.3 Å². The second-order valence-electron chi connectivity index (χ2n) is 6.21. The lowest BCUT2D eigenvalue weighted by molar-refractivity contribution is 0.0205. The van der Waals surface area contributed by atoms with Crippen molar-refractivity contribution < 1.29 is 4.74 Å². The molecule has 0 bridgehead atoms. The van der Waals surface area contributed by atoms with E-state index in [0.29, 0.717) is 0 Å². The van der Waals surface area contributed by atoms with Crippen LogP contribution in [0.15, 0.2) is 35.3 Å². The van der Waals surface area contributed by atoms with Gasteiger partial charge in [0, 0.05) is 27.2 Å². The molecule has 0 aliphatic carbocycles. The molecule has 4 nitrogen and oxygen atoms in total. The van der Waals surface area contributed by atoms with Crippen molar-refractivity contribution in [2.24, 2.45) is 10.4 Å². The summed E-state index contributed by atoms with van der Waals surface area (Å²) in [4.78, 5) is 4.25. The van der Waals surface area contributed by atoms with Crippen LogP contribution in [-0.2, 0) is 11.2 Å². The number of hydrogen-bond acceptors (Lipinski definition) is 2. The highest BCUT2D eigenvalue weighted by Gasteiger charge is 2.24. The molecule has 0 spiro atoms. The van der Waals surface area contributed by atoms with Crippen LogP contribution in [0.1, 0.15) is 26.3 Å². The van der Waals surface area contributed by atoms with E-state index >= 15 is 0 Å². The number of guanidine groups is 1. The average molecular weight is 291 g/mol. The minimum atomic E-state index is 0.102. The van der Waals surface area contributed by atoms with Gasteiger partial charge < -0.3 is 15.4 Å². The standard InChI is InChI=1S/C17H29N3O/c1-17(2,3)15(21-5)13-20-16(18-4)19-12-11-14-9-7-6-8-10-14/h6-10,15H,11-13H2,1-5H3,(H2,18,19,20). The summed E-state index contributed by atoms with van der Waals surface area (Å²) in [6.07, 6.45) is 1.12.